The molecule has 0 spiro atoms. The average Bonchev–Trinajstić information content (AvgIpc) is 2.74. The molecule has 2 aromatic rings. The molecular weight excluding hydrogens is 265 g/mol. The average molecular weight is 282 g/mol. The van der Waals surface area contributed by atoms with Crippen molar-refractivity contribution in [2.24, 2.45) is 0 Å². The second kappa shape index (κ2) is 6.06. The Labute approximate surface area is 117 Å². The highest BCUT2D eigenvalue weighted by Gasteiger charge is 2.09. The largest absolute Gasteiger partial charge is 0.355 e. The van der Waals surface area contributed by atoms with Crippen LogP contribution in [-0.4, -0.2) is 16.1 Å². The van der Waals surface area contributed by atoms with Crippen molar-refractivity contribution in [2.45, 2.75) is 26.7 Å². The molecule has 0 bridgehead atoms. The number of benzene rings is 1. The molecule has 0 radical (unpaired) electrons. The third kappa shape index (κ3) is 3.26. The van der Waals surface area contributed by atoms with Crippen LogP contribution in [0.5, 0.6) is 0 Å². The Hall–Kier alpha value is -1.55. The summed E-state index contributed by atoms with van der Waals surface area (Å²) < 4.78 is 15.1. The summed E-state index contributed by atoms with van der Waals surface area (Å²) in [5, 5.41) is 3.40. The van der Waals surface area contributed by atoms with E-state index in [9.17, 15) is 4.39 Å². The van der Waals surface area contributed by atoms with Crippen molar-refractivity contribution in [3.8, 4) is 5.69 Å². The van der Waals surface area contributed by atoms with Crippen molar-refractivity contribution in [3.05, 3.63) is 40.9 Å². The third-order valence-electron chi connectivity index (χ3n) is 2.82. The molecule has 102 valence electrons. The van der Waals surface area contributed by atoms with Gasteiger partial charge >= 0.3 is 0 Å². The summed E-state index contributed by atoms with van der Waals surface area (Å²) >= 11 is 5.82. The first kappa shape index (κ1) is 13.9. The van der Waals surface area contributed by atoms with Crippen LogP contribution < -0.4 is 5.32 Å². The molecule has 0 aliphatic carbocycles. The van der Waals surface area contributed by atoms with Crippen molar-refractivity contribution in [3.63, 3.8) is 0 Å². The Balaban J connectivity index is 2.29. The summed E-state index contributed by atoms with van der Waals surface area (Å²) in [6, 6.07) is 4.65. The number of imidazole rings is 1. The normalized spacial score (nSPS) is 10.7. The van der Waals surface area contributed by atoms with Crippen molar-refractivity contribution in [2.75, 3.05) is 11.9 Å². The summed E-state index contributed by atoms with van der Waals surface area (Å²) in [5.74, 6) is 0.344. The summed E-state index contributed by atoms with van der Waals surface area (Å²) in [5.41, 5.74) is 1.70. The van der Waals surface area contributed by atoms with Gasteiger partial charge in [-0.1, -0.05) is 24.9 Å². The van der Waals surface area contributed by atoms with Gasteiger partial charge in [-0.15, -0.1) is 0 Å². The van der Waals surface area contributed by atoms with Crippen LogP contribution in [0.3, 0.4) is 0 Å². The maximum Gasteiger partial charge on any atom is 0.207 e. The van der Waals surface area contributed by atoms with Gasteiger partial charge in [-0.2, -0.15) is 0 Å². The summed E-state index contributed by atoms with van der Waals surface area (Å²) in [6.07, 6.45) is 4.10. The number of nitrogens with one attached hydrogen (secondary N) is 1. The Morgan fingerprint density at radius 1 is 1.42 bits per heavy atom. The zero-order chi connectivity index (χ0) is 13.8. The number of halogens is 2. The van der Waals surface area contributed by atoms with Gasteiger partial charge in [0, 0.05) is 12.7 Å². The summed E-state index contributed by atoms with van der Waals surface area (Å²) in [7, 11) is 0. The predicted molar refractivity (Wildman–Crippen MR) is 76.7 cm³/mol. The van der Waals surface area contributed by atoms with E-state index in [4.69, 9.17) is 11.6 Å². The lowest BCUT2D eigenvalue weighted by Gasteiger charge is -2.10. The molecule has 2 rings (SSSR count). The maximum atomic E-state index is 13.2. The van der Waals surface area contributed by atoms with E-state index in [1.54, 1.807) is 12.1 Å². The molecule has 1 N–H and O–H groups in total. The van der Waals surface area contributed by atoms with E-state index in [1.165, 1.54) is 6.07 Å². The van der Waals surface area contributed by atoms with Gasteiger partial charge in [-0.25, -0.2) is 9.37 Å². The molecule has 0 unspecified atom stereocenters. The molecule has 0 saturated heterocycles. The van der Waals surface area contributed by atoms with Gasteiger partial charge in [-0.3, -0.25) is 4.57 Å². The molecule has 0 amide bonds. The third-order valence-corrected chi connectivity index (χ3v) is 3.11. The molecule has 0 fully saturated rings. The Kier molecular flexibility index (Phi) is 4.43. The first-order valence-electron chi connectivity index (χ1n) is 6.37. The molecule has 1 aromatic carbocycles. The van der Waals surface area contributed by atoms with Crippen LogP contribution in [-0.2, 0) is 0 Å². The fourth-order valence-corrected chi connectivity index (χ4v) is 2.01. The minimum absolute atomic E-state index is 0.114. The van der Waals surface area contributed by atoms with E-state index in [-0.39, 0.29) is 5.02 Å². The lowest BCUT2D eigenvalue weighted by Crippen LogP contribution is -2.07. The van der Waals surface area contributed by atoms with Crippen molar-refractivity contribution < 1.29 is 4.39 Å². The Morgan fingerprint density at radius 2 is 2.21 bits per heavy atom. The smallest absolute Gasteiger partial charge is 0.207 e. The van der Waals surface area contributed by atoms with Gasteiger partial charge in [0.1, 0.15) is 5.82 Å². The molecule has 1 aromatic heterocycles. The quantitative estimate of drug-likeness (QED) is 0.833. The second-order valence-electron chi connectivity index (χ2n) is 4.45. The SMILES string of the molecule is CCCCNc1nc(C)cn1-c1ccc(F)c(Cl)c1. The Bertz CT molecular complexity index is 566. The number of hydrogen-bond acceptors (Lipinski definition) is 2. The van der Waals surface area contributed by atoms with E-state index in [2.05, 4.69) is 17.2 Å². The van der Waals surface area contributed by atoms with E-state index >= 15 is 0 Å². The van der Waals surface area contributed by atoms with Gasteiger partial charge in [0.2, 0.25) is 5.95 Å². The number of hydrogen-bond donors (Lipinski definition) is 1. The van der Waals surface area contributed by atoms with Crippen LogP contribution in [0.4, 0.5) is 10.3 Å². The lowest BCUT2D eigenvalue weighted by molar-refractivity contribution is 0.628. The minimum Gasteiger partial charge on any atom is -0.355 e. The number of aryl methyl sites for hydroxylation is 1. The Morgan fingerprint density at radius 3 is 2.89 bits per heavy atom. The highest BCUT2D eigenvalue weighted by molar-refractivity contribution is 6.30. The minimum atomic E-state index is -0.414. The van der Waals surface area contributed by atoms with Crippen molar-refractivity contribution in [1.82, 2.24) is 9.55 Å². The number of rotatable bonds is 5. The molecule has 1 heterocycles. The number of nitrogens with zero attached hydrogens (tertiary/aromatic N) is 2. The predicted octanol–water partition coefficient (Wildman–Crippen LogP) is 4.19. The van der Waals surface area contributed by atoms with E-state index in [0.717, 1.165) is 36.7 Å². The fraction of sp³-hybridized carbons (Fsp3) is 0.357. The van der Waals surface area contributed by atoms with Crippen molar-refractivity contribution in [1.29, 1.82) is 0 Å². The molecular formula is C14H17ClFN3. The zero-order valence-corrected chi connectivity index (χ0v) is 11.8. The molecule has 5 heteroatoms. The number of aromatic nitrogens is 2. The van der Waals surface area contributed by atoms with Gasteiger partial charge in [0.15, 0.2) is 0 Å². The van der Waals surface area contributed by atoms with E-state index in [1.807, 2.05) is 17.7 Å². The van der Waals surface area contributed by atoms with Gasteiger partial charge in [0.25, 0.3) is 0 Å². The standard InChI is InChI=1S/C14H17ClFN3/c1-3-4-7-17-14-18-10(2)9-19(14)11-5-6-13(16)12(15)8-11/h5-6,8-9H,3-4,7H2,1-2H3,(H,17,18). The molecule has 0 atom stereocenters. The number of unbranched alkanes of at least 4 members (excludes halogenated alkanes) is 1. The van der Waals surface area contributed by atoms with E-state index < -0.39 is 5.82 Å². The maximum absolute atomic E-state index is 13.2. The molecule has 19 heavy (non-hydrogen) atoms. The van der Waals surface area contributed by atoms with Gasteiger partial charge in [0.05, 0.1) is 16.4 Å². The van der Waals surface area contributed by atoms with Crippen LogP contribution >= 0.6 is 11.6 Å². The molecule has 3 nitrogen and oxygen atoms in total. The summed E-state index contributed by atoms with van der Waals surface area (Å²) in [6.45, 7) is 4.92. The molecule has 0 saturated carbocycles. The highest BCUT2D eigenvalue weighted by Crippen LogP contribution is 2.22. The zero-order valence-electron chi connectivity index (χ0n) is 11.1. The first-order valence-corrected chi connectivity index (χ1v) is 6.75. The molecule has 0 aliphatic heterocycles. The van der Waals surface area contributed by atoms with Crippen LogP contribution in [0.2, 0.25) is 5.02 Å². The first-order chi connectivity index (χ1) is 9.11. The van der Waals surface area contributed by atoms with Crippen LogP contribution in [0, 0.1) is 12.7 Å². The van der Waals surface area contributed by atoms with E-state index in [0.29, 0.717) is 0 Å². The fourth-order valence-electron chi connectivity index (χ4n) is 1.83. The second-order valence-corrected chi connectivity index (χ2v) is 4.86. The highest BCUT2D eigenvalue weighted by atomic mass is 35.5. The molecule has 0 aliphatic rings. The van der Waals surface area contributed by atoms with Crippen LogP contribution in [0.15, 0.2) is 24.4 Å². The lowest BCUT2D eigenvalue weighted by atomic mass is 10.3. The summed E-state index contributed by atoms with van der Waals surface area (Å²) in [4.78, 5) is 4.43. The topological polar surface area (TPSA) is 29.9 Å². The van der Waals surface area contributed by atoms with Gasteiger partial charge < -0.3 is 5.32 Å². The van der Waals surface area contributed by atoms with Gasteiger partial charge in [-0.05, 0) is 31.5 Å². The van der Waals surface area contributed by atoms with Crippen molar-refractivity contribution >= 4 is 17.5 Å². The number of anilines is 1. The van der Waals surface area contributed by atoms with Crippen LogP contribution in [0.25, 0.3) is 5.69 Å². The monoisotopic (exact) mass is 281 g/mol. The van der Waals surface area contributed by atoms with Crippen LogP contribution in [0.1, 0.15) is 25.5 Å².